The minimum Gasteiger partial charge on any atom is -0.429 e. The second-order valence-electron chi connectivity index (χ2n) is 10.7. The molecule has 46 heavy (non-hydrogen) atoms. The van der Waals surface area contributed by atoms with E-state index in [1.165, 1.54) is 42.5 Å². The first kappa shape index (κ1) is 32.3. The predicted molar refractivity (Wildman–Crippen MR) is 161 cm³/mol. The second-order valence-corrected chi connectivity index (χ2v) is 10.7. The number of halogens is 7. The van der Waals surface area contributed by atoms with Crippen molar-refractivity contribution in [3.63, 3.8) is 0 Å². The van der Waals surface area contributed by atoms with Gasteiger partial charge in [0.05, 0.1) is 11.1 Å². The maximum absolute atomic E-state index is 15.2. The number of hydrogen-bond donors (Lipinski definition) is 0. The third kappa shape index (κ3) is 6.91. The fraction of sp³-hybridized carbons (Fsp3) is 0.162. The average molecular weight is 634 g/mol. The van der Waals surface area contributed by atoms with Crippen molar-refractivity contribution in [2.45, 2.75) is 38.7 Å². The van der Waals surface area contributed by atoms with Crippen LogP contribution in [0.5, 0.6) is 5.75 Å². The Kier molecular flexibility index (Phi) is 9.47. The molecule has 2 nitrogen and oxygen atoms in total. The standard InChI is InChI=1S/C37H26F7NO/c1-2-3-4-5-22-6-15-31(36(42)16-22)37(43,44)46-27-11-14-30(35(41)20-27)25-10-13-29(34(40)19-25)24-9-12-28(33(39)18-24)23-7-8-26(21-45)32(38)17-23/h6-20H,2-5H2,1H3. The zero-order valence-corrected chi connectivity index (χ0v) is 24.5. The van der Waals surface area contributed by atoms with Gasteiger partial charge in [-0.1, -0.05) is 56.2 Å². The monoisotopic (exact) mass is 633 g/mol. The van der Waals surface area contributed by atoms with Gasteiger partial charge in [-0.05, 0) is 83.6 Å². The highest BCUT2D eigenvalue weighted by Crippen LogP contribution is 2.37. The largest absolute Gasteiger partial charge is 0.429 e. The quantitative estimate of drug-likeness (QED) is 0.113. The van der Waals surface area contributed by atoms with Crippen LogP contribution in [0.1, 0.15) is 42.9 Å². The zero-order valence-electron chi connectivity index (χ0n) is 24.5. The smallest absolute Gasteiger partial charge is 0.429 e. The fourth-order valence-corrected chi connectivity index (χ4v) is 5.13. The molecule has 0 bridgehead atoms. The van der Waals surface area contributed by atoms with Gasteiger partial charge in [0.25, 0.3) is 0 Å². The van der Waals surface area contributed by atoms with E-state index in [1.54, 1.807) is 6.07 Å². The first-order valence-electron chi connectivity index (χ1n) is 14.5. The summed E-state index contributed by atoms with van der Waals surface area (Å²) in [7, 11) is 0. The molecule has 0 fully saturated rings. The van der Waals surface area contributed by atoms with Crippen molar-refractivity contribution in [2.24, 2.45) is 0 Å². The molecule has 0 aliphatic rings. The van der Waals surface area contributed by atoms with Gasteiger partial charge >= 0.3 is 6.11 Å². The molecule has 0 radical (unpaired) electrons. The molecule has 5 rings (SSSR count). The maximum atomic E-state index is 15.2. The van der Waals surface area contributed by atoms with Crippen LogP contribution in [-0.4, -0.2) is 0 Å². The first-order chi connectivity index (χ1) is 22.0. The summed E-state index contributed by atoms with van der Waals surface area (Å²) < 4.78 is 108. The molecule has 234 valence electrons. The van der Waals surface area contributed by atoms with Gasteiger partial charge < -0.3 is 4.74 Å². The summed E-state index contributed by atoms with van der Waals surface area (Å²) in [5.74, 6) is -5.06. The number of nitrogens with zero attached hydrogens (tertiary/aromatic N) is 1. The Hall–Kier alpha value is -5.10. The van der Waals surface area contributed by atoms with Gasteiger partial charge in [0, 0.05) is 22.8 Å². The molecule has 0 aliphatic carbocycles. The van der Waals surface area contributed by atoms with E-state index in [9.17, 15) is 22.0 Å². The van der Waals surface area contributed by atoms with Crippen molar-refractivity contribution in [1.82, 2.24) is 0 Å². The Balaban J connectivity index is 1.33. The molecule has 9 heteroatoms. The SMILES string of the molecule is CCCCCc1ccc(C(F)(F)Oc2ccc(-c3ccc(-c4ccc(-c5ccc(C#N)c(F)c5)c(F)c4)c(F)c3)c(F)c2)c(F)c1. The Labute approximate surface area is 261 Å². The summed E-state index contributed by atoms with van der Waals surface area (Å²) in [6.45, 7) is 2.02. The van der Waals surface area contributed by atoms with Crippen molar-refractivity contribution in [3.8, 4) is 45.2 Å². The number of aryl methyl sites for hydroxylation is 1. The molecule has 0 atom stereocenters. The van der Waals surface area contributed by atoms with Gasteiger partial charge in [0.2, 0.25) is 0 Å². The lowest BCUT2D eigenvalue weighted by molar-refractivity contribution is -0.187. The van der Waals surface area contributed by atoms with Crippen LogP contribution < -0.4 is 4.74 Å². The molecule has 5 aromatic rings. The van der Waals surface area contributed by atoms with Gasteiger partial charge in [-0.25, -0.2) is 22.0 Å². The number of hydrogen-bond acceptors (Lipinski definition) is 2. The van der Waals surface area contributed by atoms with Crippen molar-refractivity contribution >= 4 is 0 Å². The number of unbranched alkanes of at least 4 members (excludes halogenated alkanes) is 2. The van der Waals surface area contributed by atoms with E-state index >= 15 is 8.78 Å². The molecule has 0 saturated heterocycles. The van der Waals surface area contributed by atoms with Crippen molar-refractivity contribution in [3.05, 3.63) is 137 Å². The third-order valence-electron chi connectivity index (χ3n) is 7.56. The summed E-state index contributed by atoms with van der Waals surface area (Å²) in [6.07, 6.45) is -0.841. The summed E-state index contributed by atoms with van der Waals surface area (Å²) in [6, 6.07) is 19.2. The number of nitriles is 1. The van der Waals surface area contributed by atoms with Gasteiger partial charge in [-0.3, -0.25) is 0 Å². The van der Waals surface area contributed by atoms with Crippen molar-refractivity contribution in [1.29, 1.82) is 5.26 Å². The fourth-order valence-electron chi connectivity index (χ4n) is 5.13. The molecule has 5 aromatic carbocycles. The van der Waals surface area contributed by atoms with Crippen LogP contribution in [0.2, 0.25) is 0 Å². The van der Waals surface area contributed by atoms with E-state index in [4.69, 9.17) is 10.00 Å². The molecule has 0 heterocycles. The highest BCUT2D eigenvalue weighted by Gasteiger charge is 2.38. The second kappa shape index (κ2) is 13.5. The number of ether oxygens (including phenoxy) is 1. The Morgan fingerprint density at radius 2 is 1.15 bits per heavy atom. The molecular formula is C37H26F7NO. The van der Waals surface area contributed by atoms with E-state index in [2.05, 4.69) is 0 Å². The normalized spacial score (nSPS) is 11.4. The van der Waals surface area contributed by atoms with Crippen LogP contribution in [0.15, 0.2) is 91.0 Å². The Morgan fingerprint density at radius 3 is 1.65 bits per heavy atom. The van der Waals surface area contributed by atoms with E-state index in [1.807, 2.05) is 6.92 Å². The molecular weight excluding hydrogens is 607 g/mol. The lowest BCUT2D eigenvalue weighted by Gasteiger charge is -2.20. The van der Waals surface area contributed by atoms with Gasteiger partial charge in [0.15, 0.2) is 0 Å². The van der Waals surface area contributed by atoms with Crippen LogP contribution in [0.25, 0.3) is 33.4 Å². The van der Waals surface area contributed by atoms with E-state index in [-0.39, 0.29) is 38.9 Å². The maximum Gasteiger partial charge on any atom is 0.429 e. The van der Waals surface area contributed by atoms with Crippen molar-refractivity contribution in [2.75, 3.05) is 0 Å². The van der Waals surface area contributed by atoms with Crippen LogP contribution in [0.3, 0.4) is 0 Å². The summed E-state index contributed by atoms with van der Waals surface area (Å²) in [5, 5.41) is 8.90. The van der Waals surface area contributed by atoms with Crippen LogP contribution >= 0.6 is 0 Å². The molecule has 0 unspecified atom stereocenters. The minimum atomic E-state index is -4.09. The summed E-state index contributed by atoms with van der Waals surface area (Å²) in [5.41, 5.74) is -0.234. The number of benzene rings is 5. The highest BCUT2D eigenvalue weighted by atomic mass is 19.3. The summed E-state index contributed by atoms with van der Waals surface area (Å²) in [4.78, 5) is 0. The number of alkyl halides is 2. The topological polar surface area (TPSA) is 33.0 Å². The highest BCUT2D eigenvalue weighted by molar-refractivity contribution is 5.74. The predicted octanol–water partition coefficient (Wildman–Crippen LogP) is 11.1. The molecule has 0 saturated carbocycles. The van der Waals surface area contributed by atoms with Gasteiger partial charge in [0.1, 0.15) is 40.9 Å². The molecule has 0 aliphatic heterocycles. The summed E-state index contributed by atoms with van der Waals surface area (Å²) >= 11 is 0. The Morgan fingerprint density at radius 1 is 0.609 bits per heavy atom. The van der Waals surface area contributed by atoms with E-state index in [0.29, 0.717) is 18.1 Å². The molecule has 0 spiro atoms. The molecule has 0 amide bonds. The Bertz CT molecular complexity index is 1950. The van der Waals surface area contributed by atoms with E-state index in [0.717, 1.165) is 61.7 Å². The average Bonchev–Trinajstić information content (AvgIpc) is 3.01. The van der Waals surface area contributed by atoms with E-state index < -0.39 is 46.5 Å². The molecule has 0 N–H and O–H groups in total. The first-order valence-corrected chi connectivity index (χ1v) is 14.5. The van der Waals surface area contributed by atoms with Crippen LogP contribution in [0, 0.1) is 40.4 Å². The number of rotatable bonds is 10. The van der Waals surface area contributed by atoms with Crippen LogP contribution in [-0.2, 0) is 12.5 Å². The zero-order chi connectivity index (χ0) is 33.0. The lowest BCUT2D eigenvalue weighted by Crippen LogP contribution is -2.23. The van der Waals surface area contributed by atoms with Gasteiger partial charge in [-0.15, -0.1) is 0 Å². The lowest BCUT2D eigenvalue weighted by atomic mass is 9.96. The van der Waals surface area contributed by atoms with Crippen LogP contribution in [0.4, 0.5) is 30.7 Å². The van der Waals surface area contributed by atoms with Gasteiger partial charge in [-0.2, -0.15) is 14.0 Å². The minimum absolute atomic E-state index is 0.00128. The van der Waals surface area contributed by atoms with Crippen molar-refractivity contribution < 1.29 is 35.5 Å². The molecule has 0 aromatic heterocycles. The third-order valence-corrected chi connectivity index (χ3v) is 7.56.